The lowest BCUT2D eigenvalue weighted by Gasteiger charge is -2.18. The summed E-state index contributed by atoms with van der Waals surface area (Å²) in [5, 5.41) is 0. The third-order valence-electron chi connectivity index (χ3n) is 3.42. The van der Waals surface area contributed by atoms with Crippen LogP contribution in [0.1, 0.15) is 28.3 Å². The van der Waals surface area contributed by atoms with Crippen molar-refractivity contribution in [3.05, 3.63) is 66.7 Å². The lowest BCUT2D eigenvalue weighted by Crippen LogP contribution is -2.29. The van der Waals surface area contributed by atoms with Gasteiger partial charge < -0.3 is 0 Å². The molecule has 0 spiro atoms. The molecular formula is C16H18BrIN2. The molecule has 0 aliphatic rings. The van der Waals surface area contributed by atoms with Crippen LogP contribution in [0.25, 0.3) is 0 Å². The molecule has 0 fully saturated rings. The van der Waals surface area contributed by atoms with Gasteiger partial charge in [0.1, 0.15) is 0 Å². The average molecular weight is 445 g/mol. The van der Waals surface area contributed by atoms with Crippen molar-refractivity contribution >= 4 is 38.5 Å². The first-order chi connectivity index (χ1) is 9.51. The first-order valence-corrected chi connectivity index (χ1v) is 8.35. The SMILES string of the molecule is Cc1cc(C(Cc2ccc(I)cc2)NN)cc(C)c1Br. The van der Waals surface area contributed by atoms with E-state index >= 15 is 0 Å². The van der Waals surface area contributed by atoms with Gasteiger partial charge in [-0.05, 0) is 77.2 Å². The van der Waals surface area contributed by atoms with Gasteiger partial charge >= 0.3 is 0 Å². The maximum atomic E-state index is 5.76. The molecule has 0 aliphatic carbocycles. The van der Waals surface area contributed by atoms with Gasteiger partial charge in [0.15, 0.2) is 0 Å². The number of hydrogen-bond donors (Lipinski definition) is 2. The highest BCUT2D eigenvalue weighted by Gasteiger charge is 2.13. The highest BCUT2D eigenvalue weighted by molar-refractivity contribution is 14.1. The first kappa shape index (κ1) is 15.9. The van der Waals surface area contributed by atoms with Crippen molar-refractivity contribution in [3.8, 4) is 0 Å². The summed E-state index contributed by atoms with van der Waals surface area (Å²) in [6, 6.07) is 13.1. The summed E-state index contributed by atoms with van der Waals surface area (Å²) in [5.74, 6) is 5.76. The maximum absolute atomic E-state index is 5.76. The Hall–Kier alpha value is -0.430. The van der Waals surface area contributed by atoms with Crippen LogP contribution in [0.4, 0.5) is 0 Å². The van der Waals surface area contributed by atoms with Gasteiger partial charge in [-0.25, -0.2) is 0 Å². The molecule has 0 amide bonds. The second-order valence-corrected chi connectivity index (χ2v) is 7.06. The lowest BCUT2D eigenvalue weighted by molar-refractivity contribution is 0.551. The summed E-state index contributed by atoms with van der Waals surface area (Å²) >= 11 is 5.92. The molecule has 20 heavy (non-hydrogen) atoms. The molecule has 0 bridgehead atoms. The monoisotopic (exact) mass is 444 g/mol. The van der Waals surface area contributed by atoms with Gasteiger partial charge in [0.25, 0.3) is 0 Å². The number of hydrazine groups is 1. The summed E-state index contributed by atoms with van der Waals surface area (Å²) in [4.78, 5) is 0. The fourth-order valence-electron chi connectivity index (χ4n) is 2.31. The molecule has 0 heterocycles. The average Bonchev–Trinajstić information content (AvgIpc) is 2.43. The molecule has 0 radical (unpaired) electrons. The summed E-state index contributed by atoms with van der Waals surface area (Å²) < 4.78 is 2.42. The van der Waals surface area contributed by atoms with Gasteiger partial charge in [0.2, 0.25) is 0 Å². The van der Waals surface area contributed by atoms with Crippen LogP contribution in [0, 0.1) is 17.4 Å². The summed E-state index contributed by atoms with van der Waals surface area (Å²) in [7, 11) is 0. The summed E-state index contributed by atoms with van der Waals surface area (Å²) in [5.41, 5.74) is 7.93. The Labute approximate surface area is 142 Å². The Bertz CT molecular complexity index is 573. The molecule has 3 N–H and O–H groups in total. The molecule has 2 aromatic rings. The molecule has 0 saturated carbocycles. The summed E-state index contributed by atoms with van der Waals surface area (Å²) in [6.45, 7) is 4.22. The normalized spacial score (nSPS) is 12.4. The zero-order valence-corrected chi connectivity index (χ0v) is 15.3. The van der Waals surface area contributed by atoms with Crippen LogP contribution in [-0.2, 0) is 6.42 Å². The van der Waals surface area contributed by atoms with E-state index in [4.69, 9.17) is 5.84 Å². The highest BCUT2D eigenvalue weighted by Crippen LogP contribution is 2.27. The topological polar surface area (TPSA) is 38.0 Å². The quantitative estimate of drug-likeness (QED) is 0.416. The predicted octanol–water partition coefficient (Wildman–Crippen LogP) is 4.42. The van der Waals surface area contributed by atoms with E-state index in [1.54, 1.807) is 0 Å². The van der Waals surface area contributed by atoms with Crippen molar-refractivity contribution in [2.75, 3.05) is 0 Å². The van der Waals surface area contributed by atoms with E-state index in [0.29, 0.717) is 0 Å². The number of halogens is 2. The van der Waals surface area contributed by atoms with Crippen LogP contribution in [0.15, 0.2) is 40.9 Å². The Kier molecular flexibility index (Phi) is 5.60. The molecule has 2 nitrogen and oxygen atoms in total. The molecule has 0 aliphatic heterocycles. The Morgan fingerprint density at radius 1 is 1.15 bits per heavy atom. The van der Waals surface area contributed by atoms with Crippen molar-refractivity contribution in [1.82, 2.24) is 5.43 Å². The van der Waals surface area contributed by atoms with Gasteiger partial charge in [-0.1, -0.05) is 40.2 Å². The van der Waals surface area contributed by atoms with Gasteiger partial charge in [0, 0.05) is 14.1 Å². The number of rotatable bonds is 4. The number of hydrogen-bond acceptors (Lipinski definition) is 2. The molecule has 106 valence electrons. The van der Waals surface area contributed by atoms with Crippen LogP contribution >= 0.6 is 38.5 Å². The Morgan fingerprint density at radius 3 is 2.20 bits per heavy atom. The van der Waals surface area contributed by atoms with E-state index in [1.807, 2.05) is 0 Å². The first-order valence-electron chi connectivity index (χ1n) is 6.48. The van der Waals surface area contributed by atoms with Gasteiger partial charge in [-0.3, -0.25) is 11.3 Å². The van der Waals surface area contributed by atoms with E-state index in [1.165, 1.54) is 30.3 Å². The highest BCUT2D eigenvalue weighted by atomic mass is 127. The van der Waals surface area contributed by atoms with Crippen molar-refractivity contribution in [1.29, 1.82) is 0 Å². The molecule has 1 atom stereocenters. The van der Waals surface area contributed by atoms with Crippen LogP contribution in [-0.4, -0.2) is 0 Å². The fourth-order valence-corrected chi connectivity index (χ4v) is 2.90. The molecular weight excluding hydrogens is 427 g/mol. The van der Waals surface area contributed by atoms with Crippen LogP contribution in [0.3, 0.4) is 0 Å². The molecule has 2 aromatic carbocycles. The van der Waals surface area contributed by atoms with Crippen molar-refractivity contribution in [2.24, 2.45) is 5.84 Å². The van der Waals surface area contributed by atoms with E-state index in [0.717, 1.165) is 6.42 Å². The standard InChI is InChI=1S/C16H18BrIN2/c1-10-7-13(8-11(2)16(10)17)15(20-19)9-12-3-5-14(18)6-4-12/h3-8,15,20H,9,19H2,1-2H3. The van der Waals surface area contributed by atoms with E-state index < -0.39 is 0 Å². The Morgan fingerprint density at radius 2 is 1.70 bits per heavy atom. The minimum Gasteiger partial charge on any atom is -0.271 e. The van der Waals surface area contributed by atoms with Gasteiger partial charge in [-0.15, -0.1) is 0 Å². The van der Waals surface area contributed by atoms with E-state index in [9.17, 15) is 0 Å². The van der Waals surface area contributed by atoms with Crippen LogP contribution < -0.4 is 11.3 Å². The van der Waals surface area contributed by atoms with E-state index in [-0.39, 0.29) is 6.04 Å². The van der Waals surface area contributed by atoms with Crippen molar-refractivity contribution in [2.45, 2.75) is 26.3 Å². The van der Waals surface area contributed by atoms with Crippen molar-refractivity contribution in [3.63, 3.8) is 0 Å². The molecule has 4 heteroatoms. The number of nitrogens with two attached hydrogens (primary N) is 1. The fraction of sp³-hybridized carbons (Fsp3) is 0.250. The van der Waals surface area contributed by atoms with Gasteiger partial charge in [-0.2, -0.15) is 0 Å². The molecule has 1 unspecified atom stereocenters. The third kappa shape index (κ3) is 3.81. The smallest absolute Gasteiger partial charge is 0.0500 e. The number of nitrogens with one attached hydrogen (secondary N) is 1. The Balaban J connectivity index is 2.26. The maximum Gasteiger partial charge on any atom is 0.0500 e. The zero-order valence-electron chi connectivity index (χ0n) is 11.6. The van der Waals surface area contributed by atoms with Crippen LogP contribution in [0.2, 0.25) is 0 Å². The van der Waals surface area contributed by atoms with Crippen LogP contribution in [0.5, 0.6) is 0 Å². The second-order valence-electron chi connectivity index (χ2n) is 5.02. The number of benzene rings is 2. The minimum absolute atomic E-state index is 0.126. The second kappa shape index (κ2) is 7.02. The summed E-state index contributed by atoms with van der Waals surface area (Å²) in [6.07, 6.45) is 0.883. The zero-order chi connectivity index (χ0) is 14.7. The lowest BCUT2D eigenvalue weighted by atomic mass is 9.96. The van der Waals surface area contributed by atoms with Crippen molar-refractivity contribution < 1.29 is 0 Å². The van der Waals surface area contributed by atoms with Gasteiger partial charge in [0.05, 0.1) is 0 Å². The minimum atomic E-state index is 0.126. The molecule has 0 saturated heterocycles. The molecule has 2 rings (SSSR count). The predicted molar refractivity (Wildman–Crippen MR) is 96.5 cm³/mol. The van der Waals surface area contributed by atoms with E-state index in [2.05, 4.69) is 94.2 Å². The third-order valence-corrected chi connectivity index (χ3v) is 5.39. The number of aryl methyl sites for hydroxylation is 2. The molecule has 0 aromatic heterocycles. The largest absolute Gasteiger partial charge is 0.271 e.